The number of aromatic nitrogens is 4. The average molecular weight is 382 g/mol. The fourth-order valence-electron chi connectivity index (χ4n) is 3.59. The van der Waals surface area contributed by atoms with E-state index >= 15 is 0 Å². The highest BCUT2D eigenvalue weighted by Gasteiger charge is 2.04. The summed E-state index contributed by atoms with van der Waals surface area (Å²) in [5.41, 5.74) is 4.80. The summed E-state index contributed by atoms with van der Waals surface area (Å²) < 4.78 is 0. The van der Waals surface area contributed by atoms with E-state index in [0.29, 0.717) is 12.5 Å². The molecule has 2 aromatic carbocycles. The predicted molar refractivity (Wildman–Crippen MR) is 118 cm³/mol. The molecule has 0 aliphatic carbocycles. The molecule has 0 bridgehead atoms. The van der Waals surface area contributed by atoms with Crippen LogP contribution in [-0.4, -0.2) is 26.5 Å². The Balaban J connectivity index is 1.19. The number of fused-ring (bicyclic) bond motifs is 2. The minimum atomic E-state index is 0.619. The van der Waals surface area contributed by atoms with Crippen molar-refractivity contribution in [1.82, 2.24) is 19.9 Å². The van der Waals surface area contributed by atoms with Gasteiger partial charge in [0.1, 0.15) is 5.82 Å². The summed E-state index contributed by atoms with van der Waals surface area (Å²) in [4.78, 5) is 15.5. The second-order valence-corrected chi connectivity index (χ2v) is 7.05. The van der Waals surface area contributed by atoms with Crippen LogP contribution in [0.15, 0.2) is 73.2 Å². The van der Waals surface area contributed by atoms with Gasteiger partial charge < -0.3 is 20.6 Å². The molecular weight excluding hydrogens is 360 g/mol. The number of hydrogen-bond acceptors (Lipinski definition) is 4. The maximum absolute atomic E-state index is 4.57. The van der Waals surface area contributed by atoms with Crippen LogP contribution >= 0.6 is 0 Å². The van der Waals surface area contributed by atoms with Gasteiger partial charge in [0.05, 0.1) is 0 Å². The fourth-order valence-corrected chi connectivity index (χ4v) is 3.59. The van der Waals surface area contributed by atoms with E-state index in [1.807, 2.05) is 18.3 Å². The Hall–Kier alpha value is -3.80. The third-order valence-electron chi connectivity index (χ3n) is 5.10. The number of para-hydroxylation sites is 1. The van der Waals surface area contributed by atoms with Crippen molar-refractivity contribution in [3.8, 4) is 0 Å². The molecule has 3 heterocycles. The number of nitrogens with one attached hydrogen (secondary N) is 4. The average Bonchev–Trinajstić information content (AvgIpc) is 3.39. The third-order valence-corrected chi connectivity index (χ3v) is 5.10. The van der Waals surface area contributed by atoms with Crippen molar-refractivity contribution < 1.29 is 0 Å². The Morgan fingerprint density at radius 3 is 2.86 bits per heavy atom. The summed E-state index contributed by atoms with van der Waals surface area (Å²) in [6.07, 6.45) is 6.74. The molecule has 4 N–H and O–H groups in total. The van der Waals surface area contributed by atoms with E-state index in [2.05, 4.69) is 79.2 Å². The monoisotopic (exact) mass is 382 g/mol. The third kappa shape index (κ3) is 3.78. The molecule has 144 valence electrons. The van der Waals surface area contributed by atoms with Crippen molar-refractivity contribution in [2.45, 2.75) is 13.0 Å². The molecule has 0 atom stereocenters. The van der Waals surface area contributed by atoms with E-state index in [9.17, 15) is 0 Å². The Labute approximate surface area is 168 Å². The zero-order chi connectivity index (χ0) is 19.5. The number of benzene rings is 2. The van der Waals surface area contributed by atoms with Crippen LogP contribution in [0.4, 0.5) is 11.8 Å². The van der Waals surface area contributed by atoms with Crippen molar-refractivity contribution in [3.05, 3.63) is 84.3 Å². The van der Waals surface area contributed by atoms with Gasteiger partial charge in [0, 0.05) is 48.1 Å². The molecule has 3 aromatic heterocycles. The van der Waals surface area contributed by atoms with Gasteiger partial charge in [-0.3, -0.25) is 0 Å². The van der Waals surface area contributed by atoms with E-state index in [0.717, 1.165) is 24.3 Å². The molecule has 0 saturated heterocycles. The van der Waals surface area contributed by atoms with Gasteiger partial charge in [-0.2, -0.15) is 4.98 Å². The van der Waals surface area contributed by atoms with Gasteiger partial charge in [-0.15, -0.1) is 0 Å². The van der Waals surface area contributed by atoms with Crippen LogP contribution < -0.4 is 10.6 Å². The van der Waals surface area contributed by atoms with E-state index in [4.69, 9.17) is 0 Å². The van der Waals surface area contributed by atoms with Crippen molar-refractivity contribution >= 4 is 33.6 Å². The molecule has 0 spiro atoms. The lowest BCUT2D eigenvalue weighted by Crippen LogP contribution is -2.09. The van der Waals surface area contributed by atoms with Gasteiger partial charge in [-0.1, -0.05) is 30.3 Å². The smallest absolute Gasteiger partial charge is 0.224 e. The first kappa shape index (κ1) is 17.3. The van der Waals surface area contributed by atoms with Crippen LogP contribution in [0.25, 0.3) is 21.8 Å². The maximum Gasteiger partial charge on any atom is 0.224 e. The molecule has 0 unspecified atom stereocenters. The number of rotatable bonds is 7. The minimum absolute atomic E-state index is 0.619. The lowest BCUT2D eigenvalue weighted by Gasteiger charge is -2.08. The van der Waals surface area contributed by atoms with Crippen LogP contribution in [0.5, 0.6) is 0 Å². The van der Waals surface area contributed by atoms with Crippen LogP contribution in [0.2, 0.25) is 0 Å². The van der Waals surface area contributed by atoms with Gasteiger partial charge in [0.25, 0.3) is 0 Å². The molecule has 5 aromatic rings. The summed E-state index contributed by atoms with van der Waals surface area (Å²) in [7, 11) is 0. The highest BCUT2D eigenvalue weighted by molar-refractivity contribution is 5.83. The van der Waals surface area contributed by atoms with Crippen LogP contribution in [0.3, 0.4) is 0 Å². The molecular formula is C23H22N6. The number of anilines is 2. The SMILES string of the molecule is c1ccc2c(CCNc3ccnc(NCc4ccc5cc[nH]c5c4)n3)c[nH]c2c1. The second-order valence-electron chi connectivity index (χ2n) is 7.05. The minimum Gasteiger partial charge on any atom is -0.370 e. The summed E-state index contributed by atoms with van der Waals surface area (Å²) in [5, 5.41) is 9.19. The molecule has 0 radical (unpaired) electrons. The highest BCUT2D eigenvalue weighted by Crippen LogP contribution is 2.18. The maximum atomic E-state index is 4.57. The van der Waals surface area contributed by atoms with Crippen molar-refractivity contribution in [2.75, 3.05) is 17.2 Å². The topological polar surface area (TPSA) is 81.4 Å². The van der Waals surface area contributed by atoms with Gasteiger partial charge in [0.2, 0.25) is 5.95 Å². The quantitative estimate of drug-likeness (QED) is 0.329. The van der Waals surface area contributed by atoms with Gasteiger partial charge in [-0.05, 0) is 47.2 Å². The van der Waals surface area contributed by atoms with Crippen LogP contribution in [0, 0.1) is 0 Å². The molecule has 6 nitrogen and oxygen atoms in total. The molecule has 0 fully saturated rings. The Bertz CT molecular complexity index is 1250. The highest BCUT2D eigenvalue weighted by atomic mass is 15.1. The standard InChI is InChI=1S/C23H22N6/c1-2-4-20-19(3-1)18(15-27-20)8-11-25-22-9-12-26-23(29-22)28-14-16-5-6-17-7-10-24-21(17)13-16/h1-7,9-10,12-13,15,24,27H,8,11,14H2,(H2,25,26,28,29). The first-order chi connectivity index (χ1) is 14.3. The Morgan fingerprint density at radius 2 is 1.86 bits per heavy atom. The molecule has 6 heteroatoms. The number of hydrogen-bond donors (Lipinski definition) is 4. The van der Waals surface area contributed by atoms with E-state index in [1.54, 1.807) is 6.20 Å². The lowest BCUT2D eigenvalue weighted by molar-refractivity contribution is 0.997. The van der Waals surface area contributed by atoms with Crippen molar-refractivity contribution in [2.24, 2.45) is 0 Å². The normalized spacial score (nSPS) is 11.2. The molecule has 5 rings (SSSR count). The molecule has 0 aliphatic heterocycles. The van der Waals surface area contributed by atoms with Gasteiger partial charge >= 0.3 is 0 Å². The van der Waals surface area contributed by atoms with E-state index < -0.39 is 0 Å². The van der Waals surface area contributed by atoms with Crippen molar-refractivity contribution in [1.29, 1.82) is 0 Å². The number of aromatic amines is 2. The summed E-state index contributed by atoms with van der Waals surface area (Å²) in [6, 6.07) is 18.7. The molecule has 29 heavy (non-hydrogen) atoms. The Morgan fingerprint density at radius 1 is 0.897 bits per heavy atom. The zero-order valence-electron chi connectivity index (χ0n) is 15.9. The summed E-state index contributed by atoms with van der Waals surface area (Å²) >= 11 is 0. The van der Waals surface area contributed by atoms with Crippen LogP contribution in [0.1, 0.15) is 11.1 Å². The van der Waals surface area contributed by atoms with E-state index in [-0.39, 0.29) is 0 Å². The van der Waals surface area contributed by atoms with E-state index in [1.165, 1.54) is 27.4 Å². The summed E-state index contributed by atoms with van der Waals surface area (Å²) in [5.74, 6) is 1.44. The molecule has 0 aliphatic rings. The second kappa shape index (κ2) is 7.67. The summed E-state index contributed by atoms with van der Waals surface area (Å²) in [6.45, 7) is 1.48. The zero-order valence-corrected chi connectivity index (χ0v) is 15.9. The van der Waals surface area contributed by atoms with Crippen LogP contribution in [-0.2, 0) is 13.0 Å². The fraction of sp³-hybridized carbons (Fsp3) is 0.130. The van der Waals surface area contributed by atoms with Gasteiger partial charge in [0.15, 0.2) is 0 Å². The lowest BCUT2D eigenvalue weighted by atomic mass is 10.1. The molecule has 0 amide bonds. The van der Waals surface area contributed by atoms with Crippen molar-refractivity contribution in [3.63, 3.8) is 0 Å². The van der Waals surface area contributed by atoms with Gasteiger partial charge in [-0.25, -0.2) is 4.98 Å². The number of nitrogens with zero attached hydrogens (tertiary/aromatic N) is 2. The predicted octanol–water partition coefficient (Wildman–Crippen LogP) is 4.71. The first-order valence-corrected chi connectivity index (χ1v) is 9.77. The largest absolute Gasteiger partial charge is 0.370 e. The molecule has 0 saturated carbocycles. The Kier molecular flexibility index (Phi) is 4.58. The first-order valence-electron chi connectivity index (χ1n) is 9.77. The number of H-pyrrole nitrogens is 2.